The lowest BCUT2D eigenvalue weighted by atomic mass is 9.85. The first-order valence-electron chi connectivity index (χ1n) is 12.4. The van der Waals surface area contributed by atoms with Crippen LogP contribution in [-0.2, 0) is 9.59 Å². The standard InChI is InChI=1S/C26H34N6O2/c1-26(2)16-32(20-12-4-5-13-20)22-21(31(3)24(26)34)15-27-25(30-22)29-19-11-7-10-18(14-19)28-23(33)17-8-6-9-17/h7,10-11,14-15,17,20H,4-6,8-9,12-13,16H2,1-3H3,(H,28,33)(H,27,29,30). The van der Waals surface area contributed by atoms with Crippen LogP contribution < -0.4 is 20.4 Å². The third-order valence-electron chi connectivity index (χ3n) is 7.46. The fourth-order valence-corrected chi connectivity index (χ4v) is 5.24. The summed E-state index contributed by atoms with van der Waals surface area (Å²) in [6, 6.07) is 8.01. The Hall–Kier alpha value is -3.16. The molecule has 0 saturated heterocycles. The van der Waals surface area contributed by atoms with Gasteiger partial charge in [-0.05, 0) is 57.7 Å². The number of rotatable bonds is 5. The zero-order valence-corrected chi connectivity index (χ0v) is 20.3. The van der Waals surface area contributed by atoms with Crippen LogP contribution in [0, 0.1) is 11.3 Å². The van der Waals surface area contributed by atoms with Crippen LogP contribution >= 0.6 is 0 Å². The summed E-state index contributed by atoms with van der Waals surface area (Å²) < 4.78 is 0. The molecule has 0 spiro atoms. The molecule has 2 saturated carbocycles. The molecular formula is C26H34N6O2. The number of fused-ring (bicyclic) bond motifs is 1. The maximum Gasteiger partial charge on any atom is 0.234 e. The first-order chi connectivity index (χ1) is 16.3. The molecule has 2 fully saturated rings. The van der Waals surface area contributed by atoms with E-state index in [2.05, 4.69) is 20.5 Å². The van der Waals surface area contributed by atoms with E-state index in [-0.39, 0.29) is 17.7 Å². The van der Waals surface area contributed by atoms with Gasteiger partial charge in [-0.1, -0.05) is 25.3 Å². The van der Waals surface area contributed by atoms with Gasteiger partial charge in [-0.25, -0.2) is 4.98 Å². The number of nitrogens with one attached hydrogen (secondary N) is 2. The van der Waals surface area contributed by atoms with Crippen molar-refractivity contribution in [3.05, 3.63) is 30.5 Å². The van der Waals surface area contributed by atoms with Gasteiger partial charge >= 0.3 is 0 Å². The predicted octanol–water partition coefficient (Wildman–Crippen LogP) is 4.71. The van der Waals surface area contributed by atoms with E-state index in [0.717, 1.165) is 55.0 Å². The molecule has 3 aliphatic rings. The normalized spacial score (nSPS) is 20.5. The molecule has 0 bridgehead atoms. The molecule has 2 heterocycles. The molecular weight excluding hydrogens is 428 g/mol. The number of hydrogen-bond donors (Lipinski definition) is 2. The van der Waals surface area contributed by atoms with E-state index in [0.29, 0.717) is 18.5 Å². The Morgan fingerprint density at radius 3 is 2.53 bits per heavy atom. The minimum atomic E-state index is -0.515. The van der Waals surface area contributed by atoms with Crippen molar-refractivity contribution in [2.45, 2.75) is 64.8 Å². The number of anilines is 5. The van der Waals surface area contributed by atoms with E-state index in [9.17, 15) is 9.59 Å². The second-order valence-electron chi connectivity index (χ2n) is 10.5. The Labute approximate surface area is 201 Å². The van der Waals surface area contributed by atoms with E-state index in [1.807, 2.05) is 45.2 Å². The van der Waals surface area contributed by atoms with Crippen LogP contribution in [0.15, 0.2) is 30.5 Å². The van der Waals surface area contributed by atoms with Crippen molar-refractivity contribution in [2.75, 3.05) is 34.0 Å². The monoisotopic (exact) mass is 462 g/mol. The van der Waals surface area contributed by atoms with Crippen molar-refractivity contribution in [1.29, 1.82) is 0 Å². The maximum absolute atomic E-state index is 13.2. The zero-order chi connectivity index (χ0) is 23.9. The Morgan fingerprint density at radius 2 is 1.82 bits per heavy atom. The average Bonchev–Trinajstić information content (AvgIpc) is 3.28. The molecule has 34 heavy (non-hydrogen) atoms. The predicted molar refractivity (Wildman–Crippen MR) is 135 cm³/mol. The smallest absolute Gasteiger partial charge is 0.234 e. The second kappa shape index (κ2) is 8.89. The summed E-state index contributed by atoms with van der Waals surface area (Å²) in [5.41, 5.74) is 1.79. The minimum absolute atomic E-state index is 0.0773. The average molecular weight is 463 g/mol. The van der Waals surface area contributed by atoms with E-state index in [1.54, 1.807) is 11.1 Å². The lowest BCUT2D eigenvalue weighted by molar-refractivity contribution is -0.125. The van der Waals surface area contributed by atoms with E-state index >= 15 is 0 Å². The van der Waals surface area contributed by atoms with Crippen molar-refractivity contribution < 1.29 is 9.59 Å². The van der Waals surface area contributed by atoms with Gasteiger partial charge in [0.05, 0.1) is 11.6 Å². The van der Waals surface area contributed by atoms with Gasteiger partial charge < -0.3 is 20.4 Å². The van der Waals surface area contributed by atoms with Crippen molar-refractivity contribution in [2.24, 2.45) is 11.3 Å². The Kier molecular flexibility index (Phi) is 5.91. The van der Waals surface area contributed by atoms with Crippen molar-refractivity contribution in [3.8, 4) is 0 Å². The molecule has 1 aliphatic heterocycles. The molecule has 0 unspecified atom stereocenters. The Morgan fingerprint density at radius 1 is 1.09 bits per heavy atom. The first kappa shape index (κ1) is 22.6. The number of aromatic nitrogens is 2. The highest BCUT2D eigenvalue weighted by atomic mass is 16.2. The summed E-state index contributed by atoms with van der Waals surface area (Å²) in [5.74, 6) is 1.58. The second-order valence-corrected chi connectivity index (χ2v) is 10.5. The highest BCUT2D eigenvalue weighted by Gasteiger charge is 2.41. The van der Waals surface area contributed by atoms with Crippen molar-refractivity contribution in [3.63, 3.8) is 0 Å². The number of carbonyl (C=O) groups excluding carboxylic acids is 2. The molecule has 0 radical (unpaired) electrons. The summed E-state index contributed by atoms with van der Waals surface area (Å²) in [6.07, 6.45) is 9.45. The van der Waals surface area contributed by atoms with E-state index < -0.39 is 5.41 Å². The van der Waals surface area contributed by atoms with Gasteiger partial charge in [0.1, 0.15) is 5.69 Å². The zero-order valence-electron chi connectivity index (χ0n) is 20.3. The van der Waals surface area contributed by atoms with Crippen molar-refractivity contribution >= 4 is 40.6 Å². The maximum atomic E-state index is 13.2. The van der Waals surface area contributed by atoms with Gasteiger partial charge in [-0.3, -0.25) is 9.59 Å². The molecule has 2 aromatic rings. The number of carbonyl (C=O) groups is 2. The SMILES string of the molecule is CN1C(=O)C(C)(C)CN(C2CCCC2)c2nc(Nc3cccc(NC(=O)C4CCC4)c3)ncc21. The Bertz CT molecular complexity index is 1090. The highest BCUT2D eigenvalue weighted by Crippen LogP contribution is 2.40. The van der Waals surface area contributed by atoms with Crippen LogP contribution in [0.4, 0.5) is 28.8 Å². The molecule has 5 rings (SSSR count). The molecule has 2 aliphatic carbocycles. The van der Waals surface area contributed by atoms with Gasteiger partial charge in [0.2, 0.25) is 17.8 Å². The molecule has 2 N–H and O–H groups in total. The summed E-state index contributed by atoms with van der Waals surface area (Å²) in [5, 5.41) is 6.32. The van der Waals surface area contributed by atoms with E-state index in [1.165, 1.54) is 12.8 Å². The summed E-state index contributed by atoms with van der Waals surface area (Å²) >= 11 is 0. The molecule has 8 nitrogen and oxygen atoms in total. The summed E-state index contributed by atoms with van der Waals surface area (Å²) in [7, 11) is 1.81. The summed E-state index contributed by atoms with van der Waals surface area (Å²) in [4.78, 5) is 39.0. The van der Waals surface area contributed by atoms with E-state index in [4.69, 9.17) is 4.98 Å². The van der Waals surface area contributed by atoms with Crippen LogP contribution in [-0.4, -0.2) is 41.4 Å². The van der Waals surface area contributed by atoms with Crippen LogP contribution in [0.1, 0.15) is 58.8 Å². The minimum Gasteiger partial charge on any atom is -0.351 e. The lowest BCUT2D eigenvalue weighted by Crippen LogP contribution is -2.45. The number of amides is 2. The van der Waals surface area contributed by atoms with Crippen LogP contribution in [0.3, 0.4) is 0 Å². The first-order valence-corrected chi connectivity index (χ1v) is 12.4. The quantitative estimate of drug-likeness (QED) is 0.669. The number of hydrogen-bond acceptors (Lipinski definition) is 6. The third-order valence-corrected chi connectivity index (χ3v) is 7.46. The Balaban J connectivity index is 1.42. The number of nitrogens with zero attached hydrogens (tertiary/aromatic N) is 4. The molecule has 8 heteroatoms. The molecule has 2 amide bonds. The fraction of sp³-hybridized carbons (Fsp3) is 0.538. The largest absolute Gasteiger partial charge is 0.351 e. The topological polar surface area (TPSA) is 90.5 Å². The highest BCUT2D eigenvalue weighted by molar-refractivity contribution is 6.01. The van der Waals surface area contributed by atoms with Gasteiger partial charge in [0, 0.05) is 36.9 Å². The molecule has 1 aromatic carbocycles. The molecule has 1 aromatic heterocycles. The summed E-state index contributed by atoms with van der Waals surface area (Å²) in [6.45, 7) is 4.65. The van der Waals surface area contributed by atoms with Gasteiger partial charge in [-0.2, -0.15) is 4.98 Å². The van der Waals surface area contributed by atoms with Crippen LogP contribution in [0.25, 0.3) is 0 Å². The van der Waals surface area contributed by atoms with Crippen molar-refractivity contribution in [1.82, 2.24) is 9.97 Å². The van der Waals surface area contributed by atoms with Crippen LogP contribution in [0.2, 0.25) is 0 Å². The van der Waals surface area contributed by atoms with Crippen LogP contribution in [0.5, 0.6) is 0 Å². The lowest BCUT2D eigenvalue weighted by Gasteiger charge is -2.34. The molecule has 0 atom stereocenters. The molecule has 180 valence electrons. The number of benzene rings is 1. The van der Waals surface area contributed by atoms with Gasteiger partial charge in [0.25, 0.3) is 0 Å². The van der Waals surface area contributed by atoms with Gasteiger partial charge in [-0.15, -0.1) is 0 Å². The fourth-order valence-electron chi connectivity index (χ4n) is 5.24. The third kappa shape index (κ3) is 4.33. The van der Waals surface area contributed by atoms with Gasteiger partial charge in [0.15, 0.2) is 5.82 Å².